The van der Waals surface area contributed by atoms with Crippen LogP contribution in [0.4, 0.5) is 5.69 Å². The van der Waals surface area contributed by atoms with Crippen LogP contribution < -0.4 is 10.6 Å². The normalized spacial score (nSPS) is 13.8. The Balaban J connectivity index is 1.93. The minimum atomic E-state index is 0.964. The summed E-state index contributed by atoms with van der Waals surface area (Å²) in [5, 5.41) is 2.32. The van der Waals surface area contributed by atoms with Crippen LogP contribution >= 0.6 is 0 Å². The fourth-order valence-electron chi connectivity index (χ4n) is 2.04. The highest BCUT2D eigenvalue weighted by atomic mass is 14.7. The number of nitrogens with zero attached hydrogens (tertiary/aromatic N) is 2. The molecule has 0 atom stereocenters. The fourth-order valence-corrected chi connectivity index (χ4v) is 2.04. The maximum Gasteiger partial charge on any atom is 0.0659 e. The lowest BCUT2D eigenvalue weighted by Gasteiger charge is -2.00. The molecule has 2 aromatic rings. The fraction of sp³-hybridized carbons (Fsp3) is 0.125. The lowest BCUT2D eigenvalue weighted by Crippen LogP contribution is -2.30. The molecule has 1 aliphatic carbocycles. The maximum atomic E-state index is 4.45. The highest BCUT2D eigenvalue weighted by Gasteiger charge is 1.95. The quantitative estimate of drug-likeness (QED) is 0.731. The molecular formula is C16H14N2. The van der Waals surface area contributed by atoms with Gasteiger partial charge in [0.15, 0.2) is 0 Å². The molecule has 0 N–H and O–H groups in total. The van der Waals surface area contributed by atoms with Gasteiger partial charge in [0, 0.05) is 18.0 Å². The van der Waals surface area contributed by atoms with Gasteiger partial charge < -0.3 is 0 Å². The second-order valence-corrected chi connectivity index (χ2v) is 4.32. The van der Waals surface area contributed by atoms with Gasteiger partial charge in [-0.15, -0.1) is 0 Å². The molecular weight excluding hydrogens is 220 g/mol. The molecule has 88 valence electrons. The third kappa shape index (κ3) is 2.38. The molecule has 0 unspecified atom stereocenters. The Morgan fingerprint density at radius 1 is 1.06 bits per heavy atom. The first-order valence-electron chi connectivity index (χ1n) is 6.17. The second kappa shape index (κ2) is 4.96. The van der Waals surface area contributed by atoms with Gasteiger partial charge in [0.25, 0.3) is 0 Å². The third-order valence-electron chi connectivity index (χ3n) is 2.96. The van der Waals surface area contributed by atoms with Gasteiger partial charge >= 0.3 is 0 Å². The molecule has 18 heavy (non-hydrogen) atoms. The van der Waals surface area contributed by atoms with E-state index in [0.717, 1.165) is 29.4 Å². The first-order chi connectivity index (χ1) is 8.92. The summed E-state index contributed by atoms with van der Waals surface area (Å²) < 4.78 is 0. The van der Waals surface area contributed by atoms with Gasteiger partial charge in [-0.2, -0.15) is 0 Å². The van der Waals surface area contributed by atoms with Crippen LogP contribution in [0.5, 0.6) is 0 Å². The SMILES string of the molecule is C(=Nc1ccccc1)c1cnc2c(c1)=CCCC=2. The molecule has 1 heterocycles. The van der Waals surface area contributed by atoms with E-state index in [9.17, 15) is 0 Å². The summed E-state index contributed by atoms with van der Waals surface area (Å²) in [6.45, 7) is 0. The van der Waals surface area contributed by atoms with Gasteiger partial charge in [-0.05, 0) is 36.3 Å². The number of rotatable bonds is 2. The minimum Gasteiger partial charge on any atom is -0.256 e. The Morgan fingerprint density at radius 3 is 2.78 bits per heavy atom. The minimum absolute atomic E-state index is 0.964. The standard InChI is InChI=1S/C16H14N2/c1-2-7-15(8-3-1)17-11-13-10-14-6-4-5-9-16(14)18-12-13/h1-3,6-12H,4-5H2. The van der Waals surface area contributed by atoms with Crippen LogP contribution in [0.2, 0.25) is 0 Å². The van der Waals surface area contributed by atoms with Crippen LogP contribution in [0.25, 0.3) is 12.2 Å². The van der Waals surface area contributed by atoms with E-state index < -0.39 is 0 Å². The van der Waals surface area contributed by atoms with Gasteiger partial charge in [-0.1, -0.05) is 30.4 Å². The van der Waals surface area contributed by atoms with E-state index in [0.29, 0.717) is 0 Å². The number of benzene rings is 1. The molecule has 0 amide bonds. The van der Waals surface area contributed by atoms with Crippen molar-refractivity contribution in [2.75, 3.05) is 0 Å². The van der Waals surface area contributed by atoms with E-state index >= 15 is 0 Å². The molecule has 2 heteroatoms. The zero-order valence-electron chi connectivity index (χ0n) is 10.1. The van der Waals surface area contributed by atoms with E-state index in [-0.39, 0.29) is 0 Å². The molecule has 0 saturated heterocycles. The Labute approximate surface area is 106 Å². The van der Waals surface area contributed by atoms with E-state index in [2.05, 4.69) is 28.2 Å². The molecule has 0 spiro atoms. The average Bonchev–Trinajstić information content (AvgIpc) is 2.46. The molecule has 0 fully saturated rings. The van der Waals surface area contributed by atoms with Gasteiger partial charge in [0.2, 0.25) is 0 Å². The van der Waals surface area contributed by atoms with Crippen molar-refractivity contribution in [2.45, 2.75) is 12.8 Å². The topological polar surface area (TPSA) is 25.2 Å². The summed E-state index contributed by atoms with van der Waals surface area (Å²) in [5.74, 6) is 0. The zero-order valence-corrected chi connectivity index (χ0v) is 10.1. The van der Waals surface area contributed by atoms with Crippen molar-refractivity contribution in [3.63, 3.8) is 0 Å². The number of fused-ring (bicyclic) bond motifs is 1. The van der Waals surface area contributed by atoms with Crippen molar-refractivity contribution in [2.24, 2.45) is 4.99 Å². The Morgan fingerprint density at radius 2 is 1.89 bits per heavy atom. The Hall–Kier alpha value is -2.22. The predicted molar refractivity (Wildman–Crippen MR) is 75.3 cm³/mol. The first-order valence-corrected chi connectivity index (χ1v) is 6.17. The van der Waals surface area contributed by atoms with Crippen LogP contribution in [0, 0.1) is 0 Å². The number of hydrogen-bond donors (Lipinski definition) is 0. The van der Waals surface area contributed by atoms with Crippen molar-refractivity contribution >= 4 is 24.1 Å². The average molecular weight is 234 g/mol. The molecule has 0 radical (unpaired) electrons. The Bertz CT molecular complexity index is 685. The third-order valence-corrected chi connectivity index (χ3v) is 2.96. The van der Waals surface area contributed by atoms with Gasteiger partial charge in [0.05, 0.1) is 11.0 Å². The Kier molecular flexibility index (Phi) is 3.01. The van der Waals surface area contributed by atoms with Gasteiger partial charge in [-0.25, -0.2) is 0 Å². The van der Waals surface area contributed by atoms with Crippen LogP contribution in [0.3, 0.4) is 0 Å². The van der Waals surface area contributed by atoms with Crippen molar-refractivity contribution < 1.29 is 0 Å². The van der Waals surface area contributed by atoms with Crippen LogP contribution in [0.15, 0.2) is 47.6 Å². The number of hydrogen-bond acceptors (Lipinski definition) is 2. The van der Waals surface area contributed by atoms with E-state index in [1.54, 1.807) is 0 Å². The van der Waals surface area contributed by atoms with Gasteiger partial charge in [-0.3, -0.25) is 9.98 Å². The zero-order chi connectivity index (χ0) is 12.2. The summed E-state index contributed by atoms with van der Waals surface area (Å²) in [4.78, 5) is 8.89. The number of aromatic nitrogens is 1. The monoisotopic (exact) mass is 234 g/mol. The first kappa shape index (κ1) is 10.9. The molecule has 0 bridgehead atoms. The lowest BCUT2D eigenvalue weighted by atomic mass is 10.1. The van der Waals surface area contributed by atoms with Crippen LogP contribution in [-0.2, 0) is 0 Å². The summed E-state index contributed by atoms with van der Waals surface area (Å²) in [7, 11) is 0. The van der Waals surface area contributed by atoms with Crippen LogP contribution in [0.1, 0.15) is 18.4 Å². The molecule has 1 aromatic heterocycles. The molecule has 0 aliphatic heterocycles. The molecule has 3 rings (SSSR count). The van der Waals surface area contributed by atoms with Crippen LogP contribution in [-0.4, -0.2) is 11.2 Å². The maximum absolute atomic E-state index is 4.45. The van der Waals surface area contributed by atoms with Crippen molar-refractivity contribution in [3.05, 3.63) is 58.7 Å². The highest BCUT2D eigenvalue weighted by Crippen LogP contribution is 2.09. The predicted octanol–water partition coefficient (Wildman–Crippen LogP) is 2.19. The largest absolute Gasteiger partial charge is 0.256 e. The molecule has 1 aromatic carbocycles. The van der Waals surface area contributed by atoms with Crippen molar-refractivity contribution in [1.29, 1.82) is 0 Å². The summed E-state index contributed by atoms with van der Waals surface area (Å²) in [6, 6.07) is 12.1. The van der Waals surface area contributed by atoms with Crippen molar-refractivity contribution in [3.8, 4) is 0 Å². The van der Waals surface area contributed by atoms with Crippen molar-refractivity contribution in [1.82, 2.24) is 4.98 Å². The summed E-state index contributed by atoms with van der Waals surface area (Å²) in [6.07, 6.45) is 10.4. The highest BCUT2D eigenvalue weighted by molar-refractivity contribution is 5.81. The molecule has 1 aliphatic rings. The van der Waals surface area contributed by atoms with E-state index in [1.165, 1.54) is 5.22 Å². The smallest absolute Gasteiger partial charge is 0.0659 e. The number of aliphatic imine (C=N–C) groups is 1. The summed E-state index contributed by atoms with van der Waals surface area (Å²) >= 11 is 0. The number of para-hydroxylation sites is 1. The van der Waals surface area contributed by atoms with E-state index in [1.807, 2.05) is 42.7 Å². The summed E-state index contributed by atoms with van der Waals surface area (Å²) in [5.41, 5.74) is 2.01. The van der Waals surface area contributed by atoms with Gasteiger partial charge in [0.1, 0.15) is 0 Å². The lowest BCUT2D eigenvalue weighted by molar-refractivity contribution is 1.07. The number of pyridine rings is 1. The second-order valence-electron chi connectivity index (χ2n) is 4.32. The molecule has 2 nitrogen and oxygen atoms in total. The van der Waals surface area contributed by atoms with E-state index in [4.69, 9.17) is 0 Å². The molecule has 0 saturated carbocycles.